The molecule has 16 heavy (non-hydrogen) atoms. The minimum Gasteiger partial charge on any atom is -0.381 e. The highest BCUT2D eigenvalue weighted by Crippen LogP contribution is 2.20. The van der Waals surface area contributed by atoms with Gasteiger partial charge in [0.1, 0.15) is 0 Å². The summed E-state index contributed by atoms with van der Waals surface area (Å²) in [5, 5.41) is 7.49. The Labute approximate surface area is 104 Å². The van der Waals surface area contributed by atoms with Crippen molar-refractivity contribution in [1.82, 2.24) is 9.78 Å². The second-order valence-electron chi connectivity index (χ2n) is 3.84. The fraction of sp³-hybridized carbons (Fsp3) is 0.250. The molecule has 2 aromatic rings. The van der Waals surface area contributed by atoms with Crippen LogP contribution in [0.4, 0.5) is 5.69 Å². The first kappa shape index (κ1) is 11.2. The van der Waals surface area contributed by atoms with Gasteiger partial charge in [0.05, 0.1) is 6.20 Å². The molecule has 0 saturated carbocycles. The highest BCUT2D eigenvalue weighted by Gasteiger charge is 1.99. The molecular formula is C12H14BrN3. The highest BCUT2D eigenvalue weighted by molar-refractivity contribution is 9.10. The zero-order chi connectivity index (χ0) is 11.5. The smallest absolute Gasteiger partial charge is 0.0539 e. The van der Waals surface area contributed by atoms with Crippen LogP contribution in [-0.4, -0.2) is 9.78 Å². The SMILES string of the molecule is Cc1ccc(NCc2cnn(C)c2)cc1Br. The molecule has 0 saturated heterocycles. The van der Waals surface area contributed by atoms with E-state index in [-0.39, 0.29) is 0 Å². The Morgan fingerprint density at radius 1 is 1.44 bits per heavy atom. The Hall–Kier alpha value is -1.29. The van der Waals surface area contributed by atoms with Gasteiger partial charge in [-0.15, -0.1) is 0 Å². The number of halogens is 1. The molecule has 84 valence electrons. The number of nitrogens with one attached hydrogen (secondary N) is 1. The van der Waals surface area contributed by atoms with E-state index in [0.29, 0.717) is 0 Å². The van der Waals surface area contributed by atoms with E-state index in [0.717, 1.165) is 16.7 Å². The second-order valence-corrected chi connectivity index (χ2v) is 4.69. The summed E-state index contributed by atoms with van der Waals surface area (Å²) in [6.45, 7) is 2.87. The second kappa shape index (κ2) is 4.70. The molecule has 0 atom stereocenters. The molecule has 0 fully saturated rings. The van der Waals surface area contributed by atoms with E-state index in [1.165, 1.54) is 11.1 Å². The van der Waals surface area contributed by atoms with Crippen LogP contribution >= 0.6 is 15.9 Å². The molecule has 0 radical (unpaired) electrons. The van der Waals surface area contributed by atoms with Crippen molar-refractivity contribution < 1.29 is 0 Å². The Morgan fingerprint density at radius 3 is 2.88 bits per heavy atom. The summed E-state index contributed by atoms with van der Waals surface area (Å²) in [6, 6.07) is 6.26. The van der Waals surface area contributed by atoms with Gasteiger partial charge in [-0.1, -0.05) is 22.0 Å². The van der Waals surface area contributed by atoms with Crippen LogP contribution in [0.3, 0.4) is 0 Å². The molecule has 0 aliphatic heterocycles. The van der Waals surface area contributed by atoms with Gasteiger partial charge in [0.15, 0.2) is 0 Å². The lowest BCUT2D eigenvalue weighted by atomic mass is 10.2. The zero-order valence-electron chi connectivity index (χ0n) is 9.37. The third-order valence-corrected chi connectivity index (χ3v) is 3.28. The van der Waals surface area contributed by atoms with Crippen molar-refractivity contribution in [3.8, 4) is 0 Å². The molecule has 1 aromatic carbocycles. The average molecular weight is 280 g/mol. The van der Waals surface area contributed by atoms with Crippen LogP contribution in [0.25, 0.3) is 0 Å². The maximum atomic E-state index is 4.13. The van der Waals surface area contributed by atoms with Crippen LogP contribution < -0.4 is 5.32 Å². The number of aromatic nitrogens is 2. The largest absolute Gasteiger partial charge is 0.381 e. The van der Waals surface area contributed by atoms with Crippen molar-refractivity contribution in [2.24, 2.45) is 7.05 Å². The lowest BCUT2D eigenvalue weighted by Gasteiger charge is -2.06. The molecule has 1 heterocycles. The average Bonchev–Trinajstić information content (AvgIpc) is 2.66. The van der Waals surface area contributed by atoms with Gasteiger partial charge in [-0.3, -0.25) is 4.68 Å². The van der Waals surface area contributed by atoms with Crippen LogP contribution in [0.2, 0.25) is 0 Å². The number of hydrogen-bond donors (Lipinski definition) is 1. The lowest BCUT2D eigenvalue weighted by molar-refractivity contribution is 0.767. The molecule has 0 unspecified atom stereocenters. The first-order chi connectivity index (χ1) is 7.65. The van der Waals surface area contributed by atoms with Gasteiger partial charge in [-0.2, -0.15) is 5.10 Å². The number of benzene rings is 1. The normalized spacial score (nSPS) is 10.4. The van der Waals surface area contributed by atoms with E-state index in [1.807, 2.05) is 24.1 Å². The van der Waals surface area contributed by atoms with Gasteiger partial charge in [0.25, 0.3) is 0 Å². The number of hydrogen-bond acceptors (Lipinski definition) is 2. The van der Waals surface area contributed by atoms with Crippen molar-refractivity contribution in [3.63, 3.8) is 0 Å². The molecule has 1 N–H and O–H groups in total. The molecule has 3 nitrogen and oxygen atoms in total. The van der Waals surface area contributed by atoms with Crippen molar-refractivity contribution in [2.75, 3.05) is 5.32 Å². The van der Waals surface area contributed by atoms with Gasteiger partial charge in [-0.05, 0) is 24.6 Å². The first-order valence-electron chi connectivity index (χ1n) is 5.13. The Balaban J connectivity index is 2.02. The minimum atomic E-state index is 0.795. The van der Waals surface area contributed by atoms with E-state index in [1.54, 1.807) is 0 Å². The molecular weight excluding hydrogens is 266 g/mol. The molecule has 2 rings (SSSR count). The van der Waals surface area contributed by atoms with Crippen molar-refractivity contribution in [2.45, 2.75) is 13.5 Å². The van der Waals surface area contributed by atoms with Gasteiger partial charge in [0, 0.05) is 35.5 Å². The topological polar surface area (TPSA) is 29.9 Å². The maximum Gasteiger partial charge on any atom is 0.0539 e. The predicted molar refractivity (Wildman–Crippen MR) is 69.4 cm³/mol. The molecule has 4 heteroatoms. The van der Waals surface area contributed by atoms with Crippen LogP contribution in [0.1, 0.15) is 11.1 Å². The molecule has 0 aliphatic carbocycles. The summed E-state index contributed by atoms with van der Waals surface area (Å²) in [4.78, 5) is 0. The summed E-state index contributed by atoms with van der Waals surface area (Å²) < 4.78 is 2.94. The molecule has 0 amide bonds. The number of anilines is 1. The summed E-state index contributed by atoms with van der Waals surface area (Å²) in [5.74, 6) is 0. The fourth-order valence-corrected chi connectivity index (χ4v) is 1.85. The molecule has 0 spiro atoms. The Kier molecular flexibility index (Phi) is 3.29. The van der Waals surface area contributed by atoms with Gasteiger partial charge in [0.2, 0.25) is 0 Å². The van der Waals surface area contributed by atoms with Crippen LogP contribution in [0, 0.1) is 6.92 Å². The zero-order valence-corrected chi connectivity index (χ0v) is 11.0. The fourth-order valence-electron chi connectivity index (χ4n) is 1.47. The number of aryl methyl sites for hydroxylation is 2. The molecule has 1 aromatic heterocycles. The monoisotopic (exact) mass is 279 g/mol. The van der Waals surface area contributed by atoms with Crippen LogP contribution in [0.5, 0.6) is 0 Å². The van der Waals surface area contributed by atoms with Crippen molar-refractivity contribution in [3.05, 3.63) is 46.2 Å². The van der Waals surface area contributed by atoms with Gasteiger partial charge >= 0.3 is 0 Å². The third kappa shape index (κ3) is 2.64. The predicted octanol–water partition coefficient (Wildman–Crippen LogP) is 3.10. The van der Waals surface area contributed by atoms with Crippen LogP contribution in [0.15, 0.2) is 35.1 Å². The maximum absolute atomic E-state index is 4.13. The van der Waals surface area contributed by atoms with E-state index in [2.05, 4.69) is 51.5 Å². The van der Waals surface area contributed by atoms with E-state index >= 15 is 0 Å². The van der Waals surface area contributed by atoms with Gasteiger partial charge in [-0.25, -0.2) is 0 Å². The van der Waals surface area contributed by atoms with E-state index in [9.17, 15) is 0 Å². The quantitative estimate of drug-likeness (QED) is 0.936. The highest BCUT2D eigenvalue weighted by atomic mass is 79.9. The van der Waals surface area contributed by atoms with E-state index in [4.69, 9.17) is 0 Å². The Bertz CT molecular complexity index is 491. The molecule has 0 bridgehead atoms. The summed E-state index contributed by atoms with van der Waals surface area (Å²) >= 11 is 3.52. The van der Waals surface area contributed by atoms with Crippen LogP contribution in [-0.2, 0) is 13.6 Å². The Morgan fingerprint density at radius 2 is 2.25 bits per heavy atom. The lowest BCUT2D eigenvalue weighted by Crippen LogP contribution is -1.98. The summed E-state index contributed by atoms with van der Waals surface area (Å²) in [6.07, 6.45) is 3.88. The first-order valence-corrected chi connectivity index (χ1v) is 5.92. The van der Waals surface area contributed by atoms with E-state index < -0.39 is 0 Å². The summed E-state index contributed by atoms with van der Waals surface area (Å²) in [5.41, 5.74) is 3.53. The standard InChI is InChI=1S/C12H14BrN3/c1-9-3-4-11(5-12(9)13)14-6-10-7-15-16(2)8-10/h3-5,7-8,14H,6H2,1-2H3. The number of nitrogens with zero attached hydrogens (tertiary/aromatic N) is 2. The van der Waals surface area contributed by atoms with Crippen molar-refractivity contribution in [1.29, 1.82) is 0 Å². The third-order valence-electron chi connectivity index (χ3n) is 2.43. The minimum absolute atomic E-state index is 0.795. The van der Waals surface area contributed by atoms with Gasteiger partial charge < -0.3 is 5.32 Å². The molecule has 0 aliphatic rings. The summed E-state index contributed by atoms with van der Waals surface area (Å²) in [7, 11) is 1.92. The number of rotatable bonds is 3. The van der Waals surface area contributed by atoms with Crippen molar-refractivity contribution >= 4 is 21.6 Å².